The molecule has 1 unspecified atom stereocenters. The highest BCUT2D eigenvalue weighted by Crippen LogP contribution is 2.13. The summed E-state index contributed by atoms with van der Waals surface area (Å²) in [4.78, 5) is 12.1. The first kappa shape index (κ1) is 14.7. The molecule has 0 aromatic heterocycles. The van der Waals surface area contributed by atoms with Gasteiger partial charge in [-0.3, -0.25) is 4.79 Å². The zero-order valence-electron chi connectivity index (χ0n) is 11.0. The summed E-state index contributed by atoms with van der Waals surface area (Å²) in [5, 5.41) is 0.657. The lowest BCUT2D eigenvalue weighted by Crippen LogP contribution is -2.20. The molecule has 0 N–H and O–H groups in total. The lowest BCUT2D eigenvalue weighted by atomic mass is 10.1. The monoisotopic (exact) mass is 292 g/mol. The van der Waals surface area contributed by atoms with Gasteiger partial charge in [0.2, 0.25) is 0 Å². The molecule has 0 spiro atoms. The molecule has 0 saturated heterocycles. The number of hydrogen-bond donors (Lipinski definition) is 0. The maximum Gasteiger partial charge on any atom is 0.191 e. The van der Waals surface area contributed by atoms with E-state index in [1.54, 1.807) is 19.1 Å². The third kappa shape index (κ3) is 3.89. The number of carbonyl (C=O) groups is 1. The summed E-state index contributed by atoms with van der Waals surface area (Å²) >= 11 is 5.79. The summed E-state index contributed by atoms with van der Waals surface area (Å²) in [6, 6.07) is 12.7. The molecular weight excluding hydrogens is 279 g/mol. The Morgan fingerprint density at radius 1 is 1.15 bits per heavy atom. The van der Waals surface area contributed by atoms with E-state index in [0.29, 0.717) is 17.2 Å². The highest BCUT2D eigenvalue weighted by Gasteiger charge is 2.15. The van der Waals surface area contributed by atoms with Crippen molar-refractivity contribution in [2.45, 2.75) is 19.6 Å². The van der Waals surface area contributed by atoms with E-state index in [0.717, 1.165) is 5.56 Å². The molecule has 2 nitrogen and oxygen atoms in total. The molecule has 1 atom stereocenters. The number of carbonyl (C=O) groups excluding carboxylic acids is 1. The second kappa shape index (κ2) is 6.64. The van der Waals surface area contributed by atoms with E-state index in [1.807, 2.05) is 12.1 Å². The molecule has 0 radical (unpaired) electrons. The molecule has 2 rings (SSSR count). The molecule has 0 fully saturated rings. The van der Waals surface area contributed by atoms with Gasteiger partial charge in [-0.15, -0.1) is 0 Å². The summed E-state index contributed by atoms with van der Waals surface area (Å²) in [6.45, 7) is 2.01. The molecule has 0 bridgehead atoms. The quantitative estimate of drug-likeness (QED) is 0.769. The largest absolute Gasteiger partial charge is 0.366 e. The van der Waals surface area contributed by atoms with Crippen LogP contribution in [0.15, 0.2) is 48.5 Å². The van der Waals surface area contributed by atoms with E-state index in [-0.39, 0.29) is 11.6 Å². The van der Waals surface area contributed by atoms with Crippen molar-refractivity contribution in [2.75, 3.05) is 0 Å². The van der Waals surface area contributed by atoms with Crippen molar-refractivity contribution < 1.29 is 13.9 Å². The molecule has 0 heterocycles. The molecule has 104 valence electrons. The molecule has 20 heavy (non-hydrogen) atoms. The van der Waals surface area contributed by atoms with Crippen LogP contribution in [-0.2, 0) is 11.3 Å². The maximum absolute atomic E-state index is 12.8. The maximum atomic E-state index is 12.8. The van der Waals surface area contributed by atoms with Gasteiger partial charge in [-0.2, -0.15) is 0 Å². The topological polar surface area (TPSA) is 26.3 Å². The van der Waals surface area contributed by atoms with Crippen LogP contribution in [0.2, 0.25) is 5.02 Å². The average molecular weight is 293 g/mol. The zero-order valence-corrected chi connectivity index (χ0v) is 11.7. The van der Waals surface area contributed by atoms with Gasteiger partial charge in [0, 0.05) is 10.6 Å². The van der Waals surface area contributed by atoms with Crippen LogP contribution in [0, 0.1) is 5.82 Å². The van der Waals surface area contributed by atoms with Crippen molar-refractivity contribution in [1.82, 2.24) is 0 Å². The first-order valence-corrected chi connectivity index (χ1v) is 6.60. The fourth-order valence-electron chi connectivity index (χ4n) is 1.73. The van der Waals surface area contributed by atoms with Crippen LogP contribution in [0.1, 0.15) is 22.8 Å². The van der Waals surface area contributed by atoms with Crippen molar-refractivity contribution in [2.24, 2.45) is 0 Å². The fourth-order valence-corrected chi connectivity index (χ4v) is 1.85. The van der Waals surface area contributed by atoms with E-state index in [2.05, 4.69) is 0 Å². The predicted octanol–water partition coefficient (Wildman–Crippen LogP) is 4.27. The lowest BCUT2D eigenvalue weighted by Gasteiger charge is -2.12. The third-order valence-corrected chi connectivity index (χ3v) is 3.16. The van der Waals surface area contributed by atoms with E-state index in [9.17, 15) is 9.18 Å². The van der Waals surface area contributed by atoms with Crippen LogP contribution < -0.4 is 0 Å². The first-order chi connectivity index (χ1) is 9.56. The van der Waals surface area contributed by atoms with Gasteiger partial charge < -0.3 is 4.74 Å². The zero-order chi connectivity index (χ0) is 14.5. The fraction of sp³-hybridized carbons (Fsp3) is 0.188. The number of hydrogen-bond acceptors (Lipinski definition) is 2. The van der Waals surface area contributed by atoms with Crippen molar-refractivity contribution >= 4 is 17.4 Å². The molecule has 0 aliphatic rings. The van der Waals surface area contributed by atoms with Crippen LogP contribution in [0.25, 0.3) is 0 Å². The number of ether oxygens (including phenoxy) is 1. The highest BCUT2D eigenvalue weighted by molar-refractivity contribution is 6.30. The molecule has 0 amide bonds. The number of benzene rings is 2. The molecule has 2 aromatic carbocycles. The standard InChI is InChI=1S/C16H14ClFO2/c1-11(16(19)13-4-8-15(18)9-5-13)20-10-12-2-6-14(17)7-3-12/h2-9,11H,10H2,1H3. The van der Waals surface area contributed by atoms with Gasteiger partial charge in [-0.1, -0.05) is 23.7 Å². The Bertz CT molecular complexity index is 578. The van der Waals surface area contributed by atoms with Crippen LogP contribution in [0.4, 0.5) is 4.39 Å². The summed E-state index contributed by atoms with van der Waals surface area (Å²) in [5.41, 5.74) is 1.38. The summed E-state index contributed by atoms with van der Waals surface area (Å²) in [5.74, 6) is -0.532. The molecule has 0 aliphatic heterocycles. The van der Waals surface area contributed by atoms with Gasteiger partial charge in [-0.05, 0) is 48.9 Å². The average Bonchev–Trinajstić information content (AvgIpc) is 2.46. The smallest absolute Gasteiger partial charge is 0.191 e. The minimum absolute atomic E-state index is 0.168. The van der Waals surface area contributed by atoms with Crippen LogP contribution in [0.3, 0.4) is 0 Å². The Hall–Kier alpha value is -1.71. The molecule has 0 saturated carbocycles. The summed E-state index contributed by atoms with van der Waals surface area (Å²) < 4.78 is 18.3. The second-order valence-electron chi connectivity index (χ2n) is 4.45. The molecule has 0 aliphatic carbocycles. The van der Waals surface area contributed by atoms with Gasteiger partial charge in [0.1, 0.15) is 11.9 Å². The van der Waals surface area contributed by atoms with Gasteiger partial charge in [0.25, 0.3) is 0 Å². The van der Waals surface area contributed by atoms with Gasteiger partial charge in [-0.25, -0.2) is 4.39 Å². The minimum atomic E-state index is -0.587. The van der Waals surface area contributed by atoms with Crippen molar-refractivity contribution in [3.8, 4) is 0 Å². The summed E-state index contributed by atoms with van der Waals surface area (Å²) in [6.07, 6.45) is -0.587. The van der Waals surface area contributed by atoms with E-state index in [4.69, 9.17) is 16.3 Å². The van der Waals surface area contributed by atoms with Gasteiger partial charge in [0.05, 0.1) is 6.61 Å². The van der Waals surface area contributed by atoms with Crippen LogP contribution in [-0.4, -0.2) is 11.9 Å². The summed E-state index contributed by atoms with van der Waals surface area (Å²) in [7, 11) is 0. The van der Waals surface area contributed by atoms with E-state index in [1.165, 1.54) is 24.3 Å². The third-order valence-electron chi connectivity index (χ3n) is 2.91. The van der Waals surface area contributed by atoms with E-state index < -0.39 is 6.10 Å². The Kier molecular flexibility index (Phi) is 4.88. The first-order valence-electron chi connectivity index (χ1n) is 6.22. The Morgan fingerprint density at radius 3 is 2.35 bits per heavy atom. The van der Waals surface area contributed by atoms with E-state index >= 15 is 0 Å². The van der Waals surface area contributed by atoms with Crippen molar-refractivity contribution in [3.05, 3.63) is 70.5 Å². The van der Waals surface area contributed by atoms with Crippen LogP contribution >= 0.6 is 11.6 Å². The Morgan fingerprint density at radius 2 is 1.75 bits per heavy atom. The number of rotatable bonds is 5. The number of Topliss-reactive ketones (excluding diaryl/α,β-unsaturated/α-hetero) is 1. The lowest BCUT2D eigenvalue weighted by molar-refractivity contribution is 0.0412. The molecule has 2 aromatic rings. The van der Waals surface area contributed by atoms with Crippen molar-refractivity contribution in [3.63, 3.8) is 0 Å². The Labute approximate surface area is 122 Å². The number of ketones is 1. The molecular formula is C16H14ClFO2. The SMILES string of the molecule is CC(OCc1ccc(Cl)cc1)C(=O)c1ccc(F)cc1. The highest BCUT2D eigenvalue weighted by atomic mass is 35.5. The van der Waals surface area contributed by atoms with Crippen molar-refractivity contribution in [1.29, 1.82) is 0 Å². The normalized spacial score (nSPS) is 12.2. The minimum Gasteiger partial charge on any atom is -0.366 e. The Balaban J connectivity index is 1.94. The van der Waals surface area contributed by atoms with Crippen LogP contribution in [0.5, 0.6) is 0 Å². The second-order valence-corrected chi connectivity index (χ2v) is 4.89. The predicted molar refractivity (Wildman–Crippen MR) is 76.4 cm³/mol. The van der Waals surface area contributed by atoms with Gasteiger partial charge >= 0.3 is 0 Å². The molecule has 4 heteroatoms. The van der Waals surface area contributed by atoms with Gasteiger partial charge in [0.15, 0.2) is 5.78 Å². The number of halogens is 2.